The third-order valence-corrected chi connectivity index (χ3v) is 5.88. The Morgan fingerprint density at radius 3 is 2.17 bits per heavy atom. The summed E-state index contributed by atoms with van der Waals surface area (Å²) in [7, 11) is 0. The highest BCUT2D eigenvalue weighted by atomic mass is 16.5. The zero-order chi connectivity index (χ0) is 24.7. The van der Waals surface area contributed by atoms with Crippen LogP contribution in [0.25, 0.3) is 0 Å². The van der Waals surface area contributed by atoms with Gasteiger partial charge in [0.1, 0.15) is 24.3 Å². The molecule has 175 valence electrons. The quantitative estimate of drug-likeness (QED) is 0.106. The van der Waals surface area contributed by atoms with Crippen molar-refractivity contribution in [3.05, 3.63) is 131 Å². The van der Waals surface area contributed by atoms with Crippen molar-refractivity contribution in [3.63, 3.8) is 0 Å². The lowest BCUT2D eigenvalue weighted by molar-refractivity contribution is 0.0734. The first-order chi connectivity index (χ1) is 17.0. The van der Waals surface area contributed by atoms with Gasteiger partial charge < -0.3 is 14.7 Å². The van der Waals surface area contributed by atoms with Crippen molar-refractivity contribution in [1.82, 2.24) is 0 Å². The molecule has 0 aliphatic rings. The number of hydrogen-bond acceptors (Lipinski definition) is 5. The fourth-order valence-electron chi connectivity index (χ4n) is 3.77. The summed E-state index contributed by atoms with van der Waals surface area (Å²) in [6, 6.07) is 32.2. The highest BCUT2D eigenvalue weighted by Crippen LogP contribution is 2.32. The SMILES string of the molecule is CC(C)(c1ccccc1)c1ccc(OCc2cccc(C(=O)Oc3ccc(/[C]=N/O)cc3)c2)cc1. The summed E-state index contributed by atoms with van der Waals surface area (Å²) < 4.78 is 11.4. The topological polar surface area (TPSA) is 68.1 Å². The average molecular weight is 465 g/mol. The fraction of sp³-hybridized carbons (Fsp3) is 0.133. The Morgan fingerprint density at radius 2 is 1.49 bits per heavy atom. The van der Waals surface area contributed by atoms with E-state index in [0.717, 1.165) is 11.3 Å². The molecule has 0 amide bonds. The molecule has 5 heteroatoms. The zero-order valence-corrected chi connectivity index (χ0v) is 19.6. The molecule has 1 N–H and O–H groups in total. The largest absolute Gasteiger partial charge is 0.489 e. The van der Waals surface area contributed by atoms with E-state index in [9.17, 15) is 4.79 Å². The molecule has 5 nitrogen and oxygen atoms in total. The van der Waals surface area contributed by atoms with Gasteiger partial charge in [-0.05, 0) is 65.2 Å². The molecule has 35 heavy (non-hydrogen) atoms. The van der Waals surface area contributed by atoms with E-state index in [0.29, 0.717) is 23.5 Å². The van der Waals surface area contributed by atoms with Crippen LogP contribution >= 0.6 is 0 Å². The van der Waals surface area contributed by atoms with Crippen LogP contribution in [-0.2, 0) is 12.0 Å². The Hall–Kier alpha value is -4.38. The van der Waals surface area contributed by atoms with Gasteiger partial charge in [-0.1, -0.05) is 73.6 Å². The van der Waals surface area contributed by atoms with E-state index in [1.54, 1.807) is 42.5 Å². The maximum absolute atomic E-state index is 12.6. The minimum atomic E-state index is -0.466. The van der Waals surface area contributed by atoms with Crippen LogP contribution in [-0.4, -0.2) is 17.4 Å². The summed E-state index contributed by atoms with van der Waals surface area (Å²) in [5, 5.41) is 11.4. The van der Waals surface area contributed by atoms with Gasteiger partial charge in [-0.25, -0.2) is 4.79 Å². The number of ether oxygens (including phenoxy) is 2. The second-order valence-electron chi connectivity index (χ2n) is 8.63. The van der Waals surface area contributed by atoms with Crippen LogP contribution in [0, 0.1) is 0 Å². The van der Waals surface area contributed by atoms with Crippen LogP contribution < -0.4 is 9.47 Å². The lowest BCUT2D eigenvalue weighted by Gasteiger charge is -2.26. The van der Waals surface area contributed by atoms with E-state index in [-0.39, 0.29) is 5.41 Å². The molecule has 4 aromatic rings. The molecule has 0 saturated heterocycles. The van der Waals surface area contributed by atoms with Crippen molar-refractivity contribution in [3.8, 4) is 11.5 Å². The summed E-state index contributed by atoms with van der Waals surface area (Å²) in [5.74, 6) is 0.680. The second-order valence-corrected chi connectivity index (χ2v) is 8.63. The minimum absolute atomic E-state index is 0.112. The normalized spacial score (nSPS) is 11.4. The fourth-order valence-corrected chi connectivity index (χ4v) is 3.77. The predicted octanol–water partition coefficient (Wildman–Crippen LogP) is 6.50. The molecular formula is C30H26NO4. The summed E-state index contributed by atoms with van der Waals surface area (Å²) in [5.41, 5.74) is 4.21. The third kappa shape index (κ3) is 5.95. The van der Waals surface area contributed by atoms with Gasteiger partial charge >= 0.3 is 5.97 Å². The van der Waals surface area contributed by atoms with E-state index < -0.39 is 5.97 Å². The van der Waals surface area contributed by atoms with E-state index in [1.807, 2.05) is 24.3 Å². The Balaban J connectivity index is 1.38. The molecule has 0 fully saturated rings. The summed E-state index contributed by atoms with van der Waals surface area (Å²) in [4.78, 5) is 12.6. The Labute approximate surface area is 205 Å². The molecular weight excluding hydrogens is 438 g/mol. The molecule has 4 aromatic carbocycles. The van der Waals surface area contributed by atoms with Gasteiger partial charge in [-0.2, -0.15) is 0 Å². The van der Waals surface area contributed by atoms with Crippen molar-refractivity contribution in [2.75, 3.05) is 0 Å². The number of rotatable bonds is 8. The Bertz CT molecular complexity index is 1290. The lowest BCUT2D eigenvalue weighted by Crippen LogP contribution is -2.18. The smallest absolute Gasteiger partial charge is 0.343 e. The zero-order valence-electron chi connectivity index (χ0n) is 19.6. The van der Waals surface area contributed by atoms with Gasteiger partial charge in [-0.3, -0.25) is 0 Å². The van der Waals surface area contributed by atoms with Crippen molar-refractivity contribution in [2.24, 2.45) is 5.16 Å². The van der Waals surface area contributed by atoms with Crippen LogP contribution in [0.2, 0.25) is 0 Å². The molecule has 0 bridgehead atoms. The molecule has 0 heterocycles. The number of hydrogen-bond donors (Lipinski definition) is 1. The van der Waals surface area contributed by atoms with Gasteiger partial charge in [0, 0.05) is 11.0 Å². The van der Waals surface area contributed by atoms with Crippen LogP contribution in [0.5, 0.6) is 11.5 Å². The van der Waals surface area contributed by atoms with Crippen LogP contribution in [0.4, 0.5) is 0 Å². The maximum Gasteiger partial charge on any atom is 0.343 e. The van der Waals surface area contributed by atoms with E-state index in [2.05, 4.69) is 61.6 Å². The third-order valence-electron chi connectivity index (χ3n) is 5.88. The van der Waals surface area contributed by atoms with E-state index in [1.165, 1.54) is 11.1 Å². The van der Waals surface area contributed by atoms with Crippen LogP contribution in [0.1, 0.15) is 46.5 Å². The molecule has 0 spiro atoms. The first kappa shape index (κ1) is 23.8. The van der Waals surface area contributed by atoms with Gasteiger partial charge in [0.2, 0.25) is 0 Å². The van der Waals surface area contributed by atoms with Crippen molar-refractivity contribution in [1.29, 1.82) is 0 Å². The average Bonchev–Trinajstić information content (AvgIpc) is 2.90. The van der Waals surface area contributed by atoms with E-state index >= 15 is 0 Å². The maximum atomic E-state index is 12.6. The summed E-state index contributed by atoms with van der Waals surface area (Å²) in [6.07, 6.45) is 2.40. The highest BCUT2D eigenvalue weighted by molar-refractivity contribution is 5.91. The van der Waals surface area contributed by atoms with Crippen LogP contribution in [0.15, 0.2) is 108 Å². The molecule has 0 aliphatic heterocycles. The number of benzene rings is 4. The predicted molar refractivity (Wildman–Crippen MR) is 136 cm³/mol. The van der Waals surface area contributed by atoms with Crippen molar-refractivity contribution < 1.29 is 19.5 Å². The van der Waals surface area contributed by atoms with Gasteiger partial charge in [0.25, 0.3) is 0 Å². The molecule has 0 unspecified atom stereocenters. The number of carbonyl (C=O) groups excluding carboxylic acids is 1. The molecule has 0 aliphatic carbocycles. The van der Waals surface area contributed by atoms with Crippen molar-refractivity contribution >= 4 is 12.2 Å². The lowest BCUT2D eigenvalue weighted by atomic mass is 9.78. The highest BCUT2D eigenvalue weighted by Gasteiger charge is 2.22. The monoisotopic (exact) mass is 464 g/mol. The van der Waals surface area contributed by atoms with Crippen LogP contribution in [0.3, 0.4) is 0 Å². The minimum Gasteiger partial charge on any atom is -0.489 e. The number of esters is 1. The molecule has 1 radical (unpaired) electrons. The van der Waals surface area contributed by atoms with Crippen molar-refractivity contribution in [2.45, 2.75) is 25.9 Å². The second kappa shape index (κ2) is 10.7. The Morgan fingerprint density at radius 1 is 0.829 bits per heavy atom. The van der Waals surface area contributed by atoms with Gasteiger partial charge in [-0.15, -0.1) is 0 Å². The Kier molecular flexibility index (Phi) is 7.27. The first-order valence-corrected chi connectivity index (χ1v) is 11.3. The standard InChI is InChI=1S/C30H26NO4/c1-30(2,25-9-4-3-5-10-25)26-13-17-27(18-14-26)34-21-23-7-6-8-24(19-23)29(32)35-28-15-11-22(12-16-28)20-31-33/h3-19,33H,21H2,1-2H3. The molecule has 0 saturated carbocycles. The molecule has 4 rings (SSSR count). The first-order valence-electron chi connectivity index (χ1n) is 11.3. The summed E-state index contributed by atoms with van der Waals surface area (Å²) in [6.45, 7) is 4.74. The van der Waals surface area contributed by atoms with E-state index in [4.69, 9.17) is 14.7 Å². The summed E-state index contributed by atoms with van der Waals surface area (Å²) >= 11 is 0. The number of nitrogens with zero attached hydrogens (tertiary/aromatic N) is 1. The molecule has 0 atom stereocenters. The molecule has 0 aromatic heterocycles. The van der Waals surface area contributed by atoms with Gasteiger partial charge in [0.15, 0.2) is 0 Å². The van der Waals surface area contributed by atoms with Gasteiger partial charge in [0.05, 0.1) is 5.56 Å². The number of carbonyl (C=O) groups is 1.